The van der Waals surface area contributed by atoms with Crippen LogP contribution in [-0.2, 0) is 6.54 Å². The van der Waals surface area contributed by atoms with E-state index in [1.165, 1.54) is 25.7 Å². The first-order valence-electron chi connectivity index (χ1n) is 7.44. The summed E-state index contributed by atoms with van der Waals surface area (Å²) < 4.78 is 5.70. The smallest absolute Gasteiger partial charge is 0.247 e. The highest BCUT2D eigenvalue weighted by atomic mass is 16.4. The SMILES string of the molecule is CC(NCc1nnc(-c2ccccc2)o1)C1CCCC1. The number of nitrogens with one attached hydrogen (secondary N) is 1. The Balaban J connectivity index is 1.57. The normalized spacial score (nSPS) is 17.4. The van der Waals surface area contributed by atoms with Crippen molar-refractivity contribution in [2.75, 3.05) is 0 Å². The molecule has 0 spiro atoms. The molecule has 0 aliphatic heterocycles. The lowest BCUT2D eigenvalue weighted by molar-refractivity contribution is 0.360. The van der Waals surface area contributed by atoms with Gasteiger partial charge in [0.25, 0.3) is 0 Å². The van der Waals surface area contributed by atoms with Gasteiger partial charge in [0.05, 0.1) is 6.54 Å². The lowest BCUT2D eigenvalue weighted by Crippen LogP contribution is -2.31. The van der Waals surface area contributed by atoms with Gasteiger partial charge in [0.2, 0.25) is 11.8 Å². The fourth-order valence-electron chi connectivity index (χ4n) is 2.89. The summed E-state index contributed by atoms with van der Waals surface area (Å²) >= 11 is 0. The van der Waals surface area contributed by atoms with Gasteiger partial charge in [0.1, 0.15) is 0 Å². The summed E-state index contributed by atoms with van der Waals surface area (Å²) in [6, 6.07) is 10.4. The van der Waals surface area contributed by atoms with Crippen LogP contribution in [0.25, 0.3) is 11.5 Å². The van der Waals surface area contributed by atoms with Crippen LogP contribution in [0.4, 0.5) is 0 Å². The predicted octanol–water partition coefficient (Wildman–Crippen LogP) is 3.40. The molecule has 3 rings (SSSR count). The standard InChI is InChI=1S/C16H21N3O/c1-12(13-7-5-6-8-13)17-11-15-18-19-16(20-15)14-9-3-2-4-10-14/h2-4,9-10,12-13,17H,5-8,11H2,1H3. The van der Waals surface area contributed by atoms with Crippen LogP contribution in [0.5, 0.6) is 0 Å². The third kappa shape index (κ3) is 3.07. The summed E-state index contributed by atoms with van der Waals surface area (Å²) in [7, 11) is 0. The van der Waals surface area contributed by atoms with Crippen molar-refractivity contribution in [3.8, 4) is 11.5 Å². The summed E-state index contributed by atoms with van der Waals surface area (Å²) in [5, 5.41) is 11.7. The van der Waals surface area contributed by atoms with Crippen molar-refractivity contribution < 1.29 is 4.42 Å². The number of hydrogen-bond donors (Lipinski definition) is 1. The van der Waals surface area contributed by atoms with Gasteiger partial charge in [-0.2, -0.15) is 0 Å². The van der Waals surface area contributed by atoms with Crippen molar-refractivity contribution >= 4 is 0 Å². The summed E-state index contributed by atoms with van der Waals surface area (Å²) in [4.78, 5) is 0. The third-order valence-electron chi connectivity index (χ3n) is 4.17. The van der Waals surface area contributed by atoms with Gasteiger partial charge in [-0.25, -0.2) is 0 Å². The summed E-state index contributed by atoms with van der Waals surface area (Å²) in [5.41, 5.74) is 0.968. The second-order valence-corrected chi connectivity index (χ2v) is 5.58. The van der Waals surface area contributed by atoms with Crippen molar-refractivity contribution in [2.24, 2.45) is 5.92 Å². The third-order valence-corrected chi connectivity index (χ3v) is 4.17. The van der Waals surface area contributed by atoms with Crippen LogP contribution in [0, 0.1) is 5.92 Å². The molecule has 1 heterocycles. The quantitative estimate of drug-likeness (QED) is 0.905. The molecule has 1 N–H and O–H groups in total. The van der Waals surface area contributed by atoms with E-state index in [-0.39, 0.29) is 0 Å². The summed E-state index contributed by atoms with van der Waals surface area (Å²) in [5.74, 6) is 2.05. The molecule has 106 valence electrons. The van der Waals surface area contributed by atoms with Gasteiger partial charge >= 0.3 is 0 Å². The van der Waals surface area contributed by atoms with E-state index in [1.807, 2.05) is 30.3 Å². The predicted molar refractivity (Wildman–Crippen MR) is 78.0 cm³/mol. The van der Waals surface area contributed by atoms with Crippen LogP contribution in [0.15, 0.2) is 34.7 Å². The van der Waals surface area contributed by atoms with E-state index in [4.69, 9.17) is 4.42 Å². The Morgan fingerprint density at radius 2 is 1.95 bits per heavy atom. The molecule has 4 heteroatoms. The summed E-state index contributed by atoms with van der Waals surface area (Å²) in [6.07, 6.45) is 5.42. The minimum Gasteiger partial charge on any atom is -0.419 e. The Kier molecular flexibility index (Phi) is 4.11. The Hall–Kier alpha value is -1.68. The van der Waals surface area contributed by atoms with Gasteiger partial charge < -0.3 is 9.73 Å². The highest BCUT2D eigenvalue weighted by molar-refractivity contribution is 5.51. The second-order valence-electron chi connectivity index (χ2n) is 5.58. The lowest BCUT2D eigenvalue weighted by atomic mass is 10.00. The van der Waals surface area contributed by atoms with E-state index in [1.54, 1.807) is 0 Å². The molecule has 1 aromatic heterocycles. The fraction of sp³-hybridized carbons (Fsp3) is 0.500. The van der Waals surface area contributed by atoms with Gasteiger partial charge in [-0.3, -0.25) is 0 Å². The number of nitrogens with zero attached hydrogens (tertiary/aromatic N) is 2. The molecular weight excluding hydrogens is 250 g/mol. The molecule has 20 heavy (non-hydrogen) atoms. The summed E-state index contributed by atoms with van der Waals surface area (Å²) in [6.45, 7) is 2.90. The van der Waals surface area contributed by atoms with Crippen LogP contribution in [-0.4, -0.2) is 16.2 Å². The van der Waals surface area contributed by atoms with Gasteiger partial charge in [-0.05, 0) is 37.8 Å². The van der Waals surface area contributed by atoms with E-state index in [0.29, 0.717) is 24.4 Å². The van der Waals surface area contributed by atoms with Crippen LogP contribution in [0.1, 0.15) is 38.5 Å². The molecule has 1 atom stereocenters. The van der Waals surface area contributed by atoms with E-state index >= 15 is 0 Å². The fourth-order valence-corrected chi connectivity index (χ4v) is 2.89. The number of benzene rings is 1. The van der Waals surface area contributed by atoms with Crippen molar-refractivity contribution in [1.82, 2.24) is 15.5 Å². The monoisotopic (exact) mass is 271 g/mol. The first kappa shape index (κ1) is 13.3. The highest BCUT2D eigenvalue weighted by Gasteiger charge is 2.21. The molecule has 2 aromatic rings. The number of rotatable bonds is 5. The maximum atomic E-state index is 5.70. The molecule has 0 amide bonds. The zero-order chi connectivity index (χ0) is 13.8. The van der Waals surface area contributed by atoms with E-state index < -0.39 is 0 Å². The van der Waals surface area contributed by atoms with Crippen molar-refractivity contribution in [3.05, 3.63) is 36.2 Å². The zero-order valence-corrected chi connectivity index (χ0v) is 11.9. The Morgan fingerprint density at radius 1 is 1.20 bits per heavy atom. The second kappa shape index (κ2) is 6.18. The molecule has 4 nitrogen and oxygen atoms in total. The van der Waals surface area contributed by atoms with E-state index in [2.05, 4.69) is 22.4 Å². The molecule has 1 saturated carbocycles. The molecule has 0 bridgehead atoms. The molecule has 1 unspecified atom stereocenters. The topological polar surface area (TPSA) is 51.0 Å². The van der Waals surface area contributed by atoms with Gasteiger partial charge in [0, 0.05) is 11.6 Å². The average Bonchev–Trinajstić information content (AvgIpc) is 3.17. The van der Waals surface area contributed by atoms with Gasteiger partial charge in [0.15, 0.2) is 0 Å². The Bertz CT molecular complexity index is 532. The minimum absolute atomic E-state index is 0.518. The molecule has 0 radical (unpaired) electrons. The van der Waals surface area contributed by atoms with Crippen LogP contribution in [0.3, 0.4) is 0 Å². The lowest BCUT2D eigenvalue weighted by Gasteiger charge is -2.19. The average molecular weight is 271 g/mol. The molecule has 1 aromatic carbocycles. The number of aromatic nitrogens is 2. The largest absolute Gasteiger partial charge is 0.419 e. The van der Waals surface area contributed by atoms with Crippen LogP contribution >= 0.6 is 0 Å². The molecule has 1 aliphatic rings. The van der Waals surface area contributed by atoms with Crippen molar-refractivity contribution in [3.63, 3.8) is 0 Å². The molecule has 1 fully saturated rings. The Labute approximate surface area is 119 Å². The van der Waals surface area contributed by atoms with Crippen molar-refractivity contribution in [1.29, 1.82) is 0 Å². The van der Waals surface area contributed by atoms with Crippen LogP contribution in [0.2, 0.25) is 0 Å². The van der Waals surface area contributed by atoms with Crippen molar-refractivity contribution in [2.45, 2.75) is 45.2 Å². The first-order valence-corrected chi connectivity index (χ1v) is 7.44. The molecule has 1 aliphatic carbocycles. The molecule has 0 saturated heterocycles. The van der Waals surface area contributed by atoms with Gasteiger partial charge in [-0.1, -0.05) is 31.0 Å². The maximum Gasteiger partial charge on any atom is 0.247 e. The zero-order valence-electron chi connectivity index (χ0n) is 11.9. The number of hydrogen-bond acceptors (Lipinski definition) is 4. The first-order chi connectivity index (χ1) is 9.83. The highest BCUT2D eigenvalue weighted by Crippen LogP contribution is 2.27. The van der Waals surface area contributed by atoms with E-state index in [9.17, 15) is 0 Å². The Morgan fingerprint density at radius 3 is 2.70 bits per heavy atom. The van der Waals surface area contributed by atoms with E-state index in [0.717, 1.165) is 11.5 Å². The maximum absolute atomic E-state index is 5.70. The molecular formula is C16H21N3O. The van der Waals surface area contributed by atoms with Crippen LogP contribution < -0.4 is 5.32 Å². The minimum atomic E-state index is 0.518. The van der Waals surface area contributed by atoms with Gasteiger partial charge in [-0.15, -0.1) is 10.2 Å².